The Bertz CT molecular complexity index is 1040. The number of carbonyl (C=O) groups excluding carboxylic acids is 1. The van der Waals surface area contributed by atoms with E-state index in [4.69, 9.17) is 4.42 Å². The highest BCUT2D eigenvalue weighted by Gasteiger charge is 2.24. The molecule has 1 aliphatic carbocycles. The molecule has 0 saturated heterocycles. The molecule has 4 rings (SSSR count). The largest absolute Gasteiger partial charge is 0.414 e. The third-order valence-electron chi connectivity index (χ3n) is 4.63. The van der Waals surface area contributed by atoms with Crippen molar-refractivity contribution in [2.75, 3.05) is 5.32 Å². The van der Waals surface area contributed by atoms with Gasteiger partial charge in [-0.05, 0) is 38.2 Å². The van der Waals surface area contributed by atoms with Crippen LogP contribution < -0.4 is 5.32 Å². The van der Waals surface area contributed by atoms with Crippen molar-refractivity contribution in [2.24, 2.45) is 0 Å². The number of nitrogens with one attached hydrogen (secondary N) is 1. The number of rotatable bonds is 6. The third-order valence-corrected chi connectivity index (χ3v) is 6.77. The molecule has 11 heteroatoms. The van der Waals surface area contributed by atoms with Crippen LogP contribution in [0.1, 0.15) is 48.1 Å². The van der Waals surface area contributed by atoms with Crippen LogP contribution in [-0.2, 0) is 24.2 Å². The first-order chi connectivity index (χ1) is 14.1. The SMILES string of the molecule is CC(Sc1nnc(Cn2cncn2)o1)C(=O)Nc1sc2c(c1C#N)CCCCC2. The van der Waals surface area contributed by atoms with Crippen molar-refractivity contribution in [1.82, 2.24) is 25.0 Å². The average Bonchev–Trinajstić information content (AvgIpc) is 3.40. The topological polar surface area (TPSA) is 123 Å². The van der Waals surface area contributed by atoms with Crippen molar-refractivity contribution in [1.29, 1.82) is 5.26 Å². The maximum absolute atomic E-state index is 12.7. The molecule has 0 spiro atoms. The normalized spacial score (nSPS) is 14.6. The van der Waals surface area contributed by atoms with Crippen LogP contribution in [0.3, 0.4) is 0 Å². The molecular formula is C18H19N7O2S2. The number of anilines is 1. The number of thioether (sulfide) groups is 1. The van der Waals surface area contributed by atoms with E-state index in [1.807, 2.05) is 0 Å². The van der Waals surface area contributed by atoms with Crippen molar-refractivity contribution < 1.29 is 9.21 Å². The molecule has 1 unspecified atom stereocenters. The Balaban J connectivity index is 1.40. The molecule has 0 bridgehead atoms. The zero-order chi connectivity index (χ0) is 20.2. The van der Waals surface area contributed by atoms with Crippen LogP contribution in [-0.4, -0.2) is 36.1 Å². The van der Waals surface area contributed by atoms with E-state index in [0.717, 1.165) is 31.2 Å². The number of hydrogen-bond donors (Lipinski definition) is 1. The zero-order valence-corrected chi connectivity index (χ0v) is 17.4. The van der Waals surface area contributed by atoms with Crippen LogP contribution in [0.25, 0.3) is 0 Å². The van der Waals surface area contributed by atoms with Gasteiger partial charge in [-0.1, -0.05) is 18.2 Å². The van der Waals surface area contributed by atoms with Crippen molar-refractivity contribution in [3.8, 4) is 6.07 Å². The van der Waals surface area contributed by atoms with Crippen molar-refractivity contribution in [3.63, 3.8) is 0 Å². The molecule has 0 saturated carbocycles. The molecule has 150 valence electrons. The van der Waals surface area contributed by atoms with Gasteiger partial charge in [0.05, 0.1) is 10.8 Å². The highest BCUT2D eigenvalue weighted by molar-refractivity contribution is 8.00. The lowest BCUT2D eigenvalue weighted by Crippen LogP contribution is -2.22. The molecular weight excluding hydrogens is 410 g/mol. The molecule has 1 aliphatic rings. The minimum Gasteiger partial charge on any atom is -0.414 e. The van der Waals surface area contributed by atoms with Crippen molar-refractivity contribution >= 4 is 34.0 Å². The van der Waals surface area contributed by atoms with Gasteiger partial charge in [-0.2, -0.15) is 10.4 Å². The standard InChI is InChI=1S/C18H19N7O2S2/c1-11(28-18-24-23-15(27-18)8-25-10-20-9-21-25)16(26)22-17-13(7-19)12-5-3-2-4-6-14(12)29-17/h9-11H,2-6,8H2,1H3,(H,22,26). The first-order valence-electron chi connectivity index (χ1n) is 9.31. The van der Waals surface area contributed by atoms with E-state index < -0.39 is 5.25 Å². The summed E-state index contributed by atoms with van der Waals surface area (Å²) < 4.78 is 7.15. The maximum atomic E-state index is 12.7. The fraction of sp³-hybridized carbons (Fsp3) is 0.444. The van der Waals surface area contributed by atoms with Gasteiger partial charge in [0, 0.05) is 4.88 Å². The van der Waals surface area contributed by atoms with Crippen LogP contribution in [0.15, 0.2) is 22.3 Å². The molecule has 1 atom stereocenters. The van der Waals surface area contributed by atoms with Gasteiger partial charge < -0.3 is 9.73 Å². The molecule has 0 aliphatic heterocycles. The summed E-state index contributed by atoms with van der Waals surface area (Å²) >= 11 is 2.71. The number of carbonyl (C=O) groups is 1. The number of nitriles is 1. The van der Waals surface area contributed by atoms with E-state index in [-0.39, 0.29) is 5.91 Å². The van der Waals surface area contributed by atoms with Gasteiger partial charge in [0.15, 0.2) is 0 Å². The number of aryl methyl sites for hydroxylation is 1. The second-order valence-electron chi connectivity index (χ2n) is 6.68. The summed E-state index contributed by atoms with van der Waals surface area (Å²) in [6.07, 6.45) is 8.28. The number of hydrogen-bond acceptors (Lipinski definition) is 9. The van der Waals surface area contributed by atoms with Gasteiger partial charge >= 0.3 is 0 Å². The van der Waals surface area contributed by atoms with Crippen LogP contribution in [0.5, 0.6) is 0 Å². The summed E-state index contributed by atoms with van der Waals surface area (Å²) in [5.41, 5.74) is 1.73. The monoisotopic (exact) mass is 429 g/mol. The smallest absolute Gasteiger partial charge is 0.277 e. The first-order valence-corrected chi connectivity index (χ1v) is 11.0. The average molecular weight is 430 g/mol. The summed E-state index contributed by atoms with van der Waals surface area (Å²) in [6.45, 7) is 2.09. The minimum atomic E-state index is -0.455. The molecule has 1 N–H and O–H groups in total. The fourth-order valence-corrected chi connectivity index (χ4v) is 5.11. The second-order valence-corrected chi connectivity index (χ2v) is 9.08. The number of aromatic nitrogens is 5. The Morgan fingerprint density at radius 2 is 2.28 bits per heavy atom. The number of amides is 1. The van der Waals surface area contributed by atoms with E-state index >= 15 is 0 Å². The Hall–Kier alpha value is -2.71. The quantitative estimate of drug-likeness (QED) is 0.468. The van der Waals surface area contributed by atoms with Gasteiger partial charge in [0.25, 0.3) is 5.22 Å². The van der Waals surface area contributed by atoms with Crippen LogP contribution in [0.4, 0.5) is 5.00 Å². The molecule has 0 fully saturated rings. The van der Waals surface area contributed by atoms with Crippen LogP contribution in [0.2, 0.25) is 0 Å². The molecule has 9 nitrogen and oxygen atoms in total. The number of thiophene rings is 1. The molecule has 0 aromatic carbocycles. The lowest BCUT2D eigenvalue weighted by atomic mass is 10.1. The Morgan fingerprint density at radius 1 is 1.41 bits per heavy atom. The predicted molar refractivity (Wildman–Crippen MR) is 108 cm³/mol. The van der Waals surface area contributed by atoms with Crippen molar-refractivity contribution in [2.45, 2.75) is 56.0 Å². The molecule has 0 radical (unpaired) electrons. The zero-order valence-electron chi connectivity index (χ0n) is 15.8. The third kappa shape index (κ3) is 4.49. The summed E-state index contributed by atoms with van der Waals surface area (Å²) in [7, 11) is 0. The van der Waals surface area contributed by atoms with Crippen LogP contribution >= 0.6 is 23.1 Å². The molecule has 3 aromatic rings. The van der Waals surface area contributed by atoms with E-state index in [0.29, 0.717) is 28.2 Å². The highest BCUT2D eigenvalue weighted by Crippen LogP contribution is 2.37. The van der Waals surface area contributed by atoms with Gasteiger partial charge in [-0.3, -0.25) is 4.79 Å². The van der Waals surface area contributed by atoms with Crippen LogP contribution in [0, 0.1) is 11.3 Å². The van der Waals surface area contributed by atoms with Gasteiger partial charge in [0.1, 0.15) is 30.3 Å². The molecule has 1 amide bonds. The molecule has 3 aromatic heterocycles. The predicted octanol–water partition coefficient (Wildman–Crippen LogP) is 3.03. The Morgan fingerprint density at radius 3 is 3.07 bits per heavy atom. The van der Waals surface area contributed by atoms with E-state index in [1.165, 1.54) is 40.7 Å². The lowest BCUT2D eigenvalue weighted by Gasteiger charge is -2.09. The van der Waals surface area contributed by atoms with Crippen molar-refractivity contribution in [3.05, 3.63) is 34.5 Å². The van der Waals surface area contributed by atoms with E-state index in [1.54, 1.807) is 17.9 Å². The van der Waals surface area contributed by atoms with Gasteiger partial charge in [-0.25, -0.2) is 9.67 Å². The van der Waals surface area contributed by atoms with Gasteiger partial charge in [-0.15, -0.1) is 21.5 Å². The lowest BCUT2D eigenvalue weighted by molar-refractivity contribution is -0.115. The Labute approximate surface area is 175 Å². The summed E-state index contributed by atoms with van der Waals surface area (Å²) in [4.78, 5) is 17.8. The minimum absolute atomic E-state index is 0.195. The van der Waals surface area contributed by atoms with Gasteiger partial charge in [0.2, 0.25) is 11.8 Å². The maximum Gasteiger partial charge on any atom is 0.277 e. The molecule has 3 heterocycles. The second kappa shape index (κ2) is 8.75. The summed E-state index contributed by atoms with van der Waals surface area (Å²) in [5, 5.41) is 25.0. The van der Waals surface area contributed by atoms with E-state index in [9.17, 15) is 10.1 Å². The first kappa shape index (κ1) is 19.6. The summed E-state index contributed by atoms with van der Waals surface area (Å²) in [6, 6.07) is 2.28. The number of nitrogens with zero attached hydrogens (tertiary/aromatic N) is 6. The Kier molecular flexibility index (Phi) is 5.92. The highest BCUT2D eigenvalue weighted by atomic mass is 32.2. The fourth-order valence-electron chi connectivity index (χ4n) is 3.17. The summed E-state index contributed by atoms with van der Waals surface area (Å²) in [5.74, 6) is 0.193. The molecule has 29 heavy (non-hydrogen) atoms. The van der Waals surface area contributed by atoms with E-state index in [2.05, 4.69) is 31.7 Å². The number of fused-ring (bicyclic) bond motifs is 1.